The quantitative estimate of drug-likeness (QED) is 0.562. The first-order valence-corrected chi connectivity index (χ1v) is 6.76. The average molecular weight is 277 g/mol. The molecule has 1 aromatic carbocycles. The first-order valence-electron chi connectivity index (χ1n) is 6.76. The minimum absolute atomic E-state index is 0.176. The van der Waals surface area contributed by atoms with Crippen LogP contribution in [-0.2, 0) is 9.47 Å². The minimum atomic E-state index is -0.243. The highest BCUT2D eigenvalue weighted by Gasteiger charge is 2.34. The molecule has 0 aliphatic carbocycles. The number of carbonyl (C=O) groups is 2. The van der Waals surface area contributed by atoms with Gasteiger partial charge in [-0.1, -0.05) is 12.1 Å². The number of fused-ring (bicyclic) bond motifs is 1. The van der Waals surface area contributed by atoms with Crippen LogP contribution in [0.25, 0.3) is 0 Å². The Morgan fingerprint density at radius 1 is 1.00 bits per heavy atom. The van der Waals surface area contributed by atoms with E-state index >= 15 is 0 Å². The lowest BCUT2D eigenvalue weighted by atomic mass is 10.1. The largest absolute Gasteiger partial charge is 0.377 e. The van der Waals surface area contributed by atoms with Crippen LogP contribution in [0.5, 0.6) is 0 Å². The van der Waals surface area contributed by atoms with E-state index in [9.17, 15) is 9.59 Å². The van der Waals surface area contributed by atoms with Crippen LogP contribution in [0.15, 0.2) is 24.3 Å². The Morgan fingerprint density at radius 2 is 1.60 bits per heavy atom. The third kappa shape index (κ3) is 3.23. The second-order valence-corrected chi connectivity index (χ2v) is 4.84. The van der Waals surface area contributed by atoms with E-state index in [1.807, 2.05) is 13.8 Å². The summed E-state index contributed by atoms with van der Waals surface area (Å²) in [5, 5.41) is 0. The molecule has 2 rings (SSSR count). The highest BCUT2D eigenvalue weighted by atomic mass is 16.5. The number of carbonyl (C=O) groups excluding carboxylic acids is 2. The molecule has 0 spiro atoms. The van der Waals surface area contributed by atoms with E-state index in [-0.39, 0.29) is 24.5 Å². The zero-order valence-corrected chi connectivity index (χ0v) is 11.8. The van der Waals surface area contributed by atoms with Gasteiger partial charge < -0.3 is 9.47 Å². The molecule has 0 fully saturated rings. The van der Waals surface area contributed by atoms with E-state index in [0.29, 0.717) is 30.9 Å². The molecule has 0 radical (unpaired) electrons. The van der Waals surface area contributed by atoms with E-state index in [1.165, 1.54) is 4.90 Å². The number of hydrogen-bond acceptors (Lipinski definition) is 4. The van der Waals surface area contributed by atoms with Gasteiger partial charge in [-0.25, -0.2) is 0 Å². The molecule has 5 nitrogen and oxygen atoms in total. The summed E-state index contributed by atoms with van der Waals surface area (Å²) in [6.45, 7) is 5.49. The predicted octanol–water partition coefficient (Wildman–Crippen LogP) is 1.72. The fraction of sp³-hybridized carbons (Fsp3) is 0.467. The van der Waals surface area contributed by atoms with Crippen LogP contribution in [0.2, 0.25) is 0 Å². The van der Waals surface area contributed by atoms with Gasteiger partial charge in [0.2, 0.25) is 0 Å². The summed E-state index contributed by atoms with van der Waals surface area (Å²) < 4.78 is 10.7. The van der Waals surface area contributed by atoms with Crippen LogP contribution >= 0.6 is 0 Å². The van der Waals surface area contributed by atoms with Crippen molar-refractivity contribution in [1.29, 1.82) is 0 Å². The first-order chi connectivity index (χ1) is 9.61. The molecule has 1 aliphatic rings. The number of rotatable bonds is 7. The summed E-state index contributed by atoms with van der Waals surface area (Å²) in [4.78, 5) is 25.3. The van der Waals surface area contributed by atoms with Crippen molar-refractivity contribution in [3.8, 4) is 0 Å². The van der Waals surface area contributed by atoms with Crippen LogP contribution in [-0.4, -0.2) is 49.2 Å². The van der Waals surface area contributed by atoms with Gasteiger partial charge in [0, 0.05) is 0 Å². The van der Waals surface area contributed by atoms with Gasteiger partial charge in [-0.15, -0.1) is 0 Å². The maximum Gasteiger partial charge on any atom is 0.261 e. The number of ether oxygens (including phenoxy) is 2. The van der Waals surface area contributed by atoms with Crippen molar-refractivity contribution >= 4 is 11.8 Å². The van der Waals surface area contributed by atoms with Gasteiger partial charge in [0.1, 0.15) is 0 Å². The number of amides is 2. The van der Waals surface area contributed by atoms with E-state index in [2.05, 4.69) is 0 Å². The SMILES string of the molecule is CC(C)OCCOCCN1C(=O)c2ccccc2C1=O. The van der Waals surface area contributed by atoms with Gasteiger partial charge in [-0.05, 0) is 26.0 Å². The fourth-order valence-corrected chi connectivity index (χ4v) is 2.04. The van der Waals surface area contributed by atoms with Crippen LogP contribution in [0.1, 0.15) is 34.6 Å². The van der Waals surface area contributed by atoms with Crippen LogP contribution in [0.3, 0.4) is 0 Å². The fourth-order valence-electron chi connectivity index (χ4n) is 2.04. The molecule has 1 heterocycles. The summed E-state index contributed by atoms with van der Waals surface area (Å²) in [5.74, 6) is -0.486. The second kappa shape index (κ2) is 6.63. The Hall–Kier alpha value is -1.72. The van der Waals surface area contributed by atoms with Crippen molar-refractivity contribution in [2.45, 2.75) is 20.0 Å². The normalized spacial score (nSPS) is 14.2. The zero-order chi connectivity index (χ0) is 14.5. The van der Waals surface area contributed by atoms with Crippen LogP contribution < -0.4 is 0 Å². The van der Waals surface area contributed by atoms with Crippen molar-refractivity contribution in [2.75, 3.05) is 26.4 Å². The number of hydrogen-bond donors (Lipinski definition) is 0. The third-order valence-corrected chi connectivity index (χ3v) is 3.02. The monoisotopic (exact) mass is 277 g/mol. The van der Waals surface area contributed by atoms with Crippen molar-refractivity contribution in [3.05, 3.63) is 35.4 Å². The first kappa shape index (κ1) is 14.7. The summed E-state index contributed by atoms with van der Waals surface area (Å²) in [7, 11) is 0. The smallest absolute Gasteiger partial charge is 0.261 e. The Morgan fingerprint density at radius 3 is 2.15 bits per heavy atom. The molecule has 0 aromatic heterocycles. The van der Waals surface area contributed by atoms with E-state index in [0.717, 1.165) is 0 Å². The minimum Gasteiger partial charge on any atom is -0.377 e. The van der Waals surface area contributed by atoms with E-state index in [4.69, 9.17) is 9.47 Å². The molecule has 2 amide bonds. The molecular weight excluding hydrogens is 258 g/mol. The molecule has 108 valence electrons. The van der Waals surface area contributed by atoms with Crippen molar-refractivity contribution in [1.82, 2.24) is 4.90 Å². The maximum atomic E-state index is 12.0. The predicted molar refractivity (Wildman–Crippen MR) is 73.7 cm³/mol. The lowest BCUT2D eigenvalue weighted by Crippen LogP contribution is -2.33. The molecule has 0 saturated carbocycles. The highest BCUT2D eigenvalue weighted by molar-refractivity contribution is 6.21. The van der Waals surface area contributed by atoms with Gasteiger partial charge in [0.05, 0.1) is 43.6 Å². The van der Waals surface area contributed by atoms with Crippen molar-refractivity contribution < 1.29 is 19.1 Å². The molecule has 0 bridgehead atoms. The molecule has 1 aromatic rings. The lowest BCUT2D eigenvalue weighted by Gasteiger charge is -2.14. The van der Waals surface area contributed by atoms with Crippen molar-refractivity contribution in [2.24, 2.45) is 0 Å². The summed E-state index contributed by atoms with van der Waals surface area (Å²) in [5.41, 5.74) is 0.946. The van der Waals surface area contributed by atoms with E-state index < -0.39 is 0 Å². The Balaban J connectivity index is 1.78. The van der Waals surface area contributed by atoms with Gasteiger partial charge in [-0.2, -0.15) is 0 Å². The number of benzene rings is 1. The Kier molecular flexibility index (Phi) is 4.87. The molecule has 0 atom stereocenters. The lowest BCUT2D eigenvalue weighted by molar-refractivity contribution is 0.0148. The summed E-state index contributed by atoms with van der Waals surface area (Å²) in [6.07, 6.45) is 0.176. The molecule has 0 N–H and O–H groups in total. The second-order valence-electron chi connectivity index (χ2n) is 4.84. The number of nitrogens with zero attached hydrogens (tertiary/aromatic N) is 1. The average Bonchev–Trinajstić information content (AvgIpc) is 2.67. The summed E-state index contributed by atoms with van der Waals surface area (Å²) >= 11 is 0. The standard InChI is InChI=1S/C15H19NO4/c1-11(2)20-10-9-19-8-7-16-14(17)12-5-3-4-6-13(12)15(16)18/h3-6,11H,7-10H2,1-2H3. The molecule has 20 heavy (non-hydrogen) atoms. The topological polar surface area (TPSA) is 55.8 Å². The molecule has 1 aliphatic heterocycles. The number of imide groups is 1. The van der Waals surface area contributed by atoms with Crippen molar-refractivity contribution in [3.63, 3.8) is 0 Å². The Bertz CT molecular complexity index is 463. The molecule has 5 heteroatoms. The van der Waals surface area contributed by atoms with Gasteiger partial charge in [-0.3, -0.25) is 14.5 Å². The van der Waals surface area contributed by atoms with Gasteiger partial charge >= 0.3 is 0 Å². The van der Waals surface area contributed by atoms with Crippen LogP contribution in [0, 0.1) is 0 Å². The third-order valence-electron chi connectivity index (χ3n) is 3.02. The molecule has 0 saturated heterocycles. The van der Waals surface area contributed by atoms with Gasteiger partial charge in [0.25, 0.3) is 11.8 Å². The van der Waals surface area contributed by atoms with E-state index in [1.54, 1.807) is 24.3 Å². The highest BCUT2D eigenvalue weighted by Crippen LogP contribution is 2.21. The van der Waals surface area contributed by atoms with Crippen LogP contribution in [0.4, 0.5) is 0 Å². The summed E-state index contributed by atoms with van der Waals surface area (Å²) in [6, 6.07) is 6.86. The molecule has 0 unspecified atom stereocenters. The Labute approximate surface area is 118 Å². The maximum absolute atomic E-state index is 12.0. The molecular formula is C15H19NO4. The van der Waals surface area contributed by atoms with Gasteiger partial charge in [0.15, 0.2) is 0 Å². The zero-order valence-electron chi connectivity index (χ0n) is 11.8.